The number of rotatable bonds is 5. The summed E-state index contributed by atoms with van der Waals surface area (Å²) in [6.07, 6.45) is 8.14. The maximum Gasteiger partial charge on any atom is 0.245 e. The van der Waals surface area contributed by atoms with Crippen molar-refractivity contribution >= 4 is 11.8 Å². The predicted molar refractivity (Wildman–Crippen MR) is 94.7 cm³/mol. The summed E-state index contributed by atoms with van der Waals surface area (Å²) < 4.78 is 5.42. The van der Waals surface area contributed by atoms with E-state index in [2.05, 4.69) is 15.5 Å². The van der Waals surface area contributed by atoms with Crippen molar-refractivity contribution in [2.24, 2.45) is 5.92 Å². The number of nitrogens with one attached hydrogen (secondary N) is 2. The summed E-state index contributed by atoms with van der Waals surface area (Å²) in [6, 6.07) is 3.85. The number of carbonyl (C=O) groups is 2. The van der Waals surface area contributed by atoms with Gasteiger partial charge < -0.3 is 15.1 Å². The zero-order chi connectivity index (χ0) is 17.7. The minimum absolute atomic E-state index is 0.0228. The highest BCUT2D eigenvalue weighted by Gasteiger charge is 2.41. The number of likely N-dealkylation sites (tertiary alicyclic amines) is 1. The van der Waals surface area contributed by atoms with E-state index in [1.165, 1.54) is 0 Å². The van der Waals surface area contributed by atoms with Crippen molar-refractivity contribution in [1.29, 1.82) is 0 Å². The van der Waals surface area contributed by atoms with Gasteiger partial charge >= 0.3 is 0 Å². The van der Waals surface area contributed by atoms with Crippen molar-refractivity contribution in [3.63, 3.8) is 0 Å². The molecule has 0 bridgehead atoms. The van der Waals surface area contributed by atoms with Crippen LogP contribution in [0.2, 0.25) is 0 Å². The lowest BCUT2D eigenvalue weighted by Crippen LogP contribution is -2.61. The van der Waals surface area contributed by atoms with Crippen LogP contribution in [-0.4, -0.2) is 42.4 Å². The molecule has 25 heavy (non-hydrogen) atoms. The molecule has 1 aliphatic heterocycles. The van der Waals surface area contributed by atoms with Crippen molar-refractivity contribution in [1.82, 2.24) is 15.5 Å². The van der Waals surface area contributed by atoms with Gasteiger partial charge in [0.1, 0.15) is 11.3 Å². The molecule has 6 nitrogen and oxygen atoms in total. The van der Waals surface area contributed by atoms with Gasteiger partial charge in [0.05, 0.1) is 18.7 Å². The smallest absolute Gasteiger partial charge is 0.245 e. The molecule has 6 heteroatoms. The molecule has 1 atom stereocenters. The molecule has 1 aromatic heterocycles. The molecule has 1 aliphatic carbocycles. The van der Waals surface area contributed by atoms with E-state index >= 15 is 0 Å². The minimum Gasteiger partial charge on any atom is -0.468 e. The molecule has 3 rings (SSSR count). The maximum atomic E-state index is 12.9. The number of piperidine rings is 1. The molecule has 1 saturated heterocycles. The first-order valence-corrected chi connectivity index (χ1v) is 9.42. The van der Waals surface area contributed by atoms with Crippen molar-refractivity contribution < 1.29 is 14.0 Å². The summed E-state index contributed by atoms with van der Waals surface area (Å²) in [5.74, 6) is 0.834. The lowest BCUT2D eigenvalue weighted by atomic mass is 9.80. The number of hydrogen-bond donors (Lipinski definition) is 2. The summed E-state index contributed by atoms with van der Waals surface area (Å²) in [7, 11) is 1.65. The third-order valence-corrected chi connectivity index (χ3v) is 5.57. The van der Waals surface area contributed by atoms with Crippen LogP contribution >= 0.6 is 0 Å². The Hall–Kier alpha value is -1.82. The Morgan fingerprint density at radius 3 is 2.76 bits per heavy atom. The first-order valence-electron chi connectivity index (χ1n) is 9.42. The van der Waals surface area contributed by atoms with Crippen LogP contribution in [0.4, 0.5) is 0 Å². The zero-order valence-electron chi connectivity index (χ0n) is 15.1. The molecule has 2 N–H and O–H groups in total. The molecule has 2 amide bonds. The fourth-order valence-corrected chi connectivity index (χ4v) is 4.18. The average Bonchev–Trinajstić information content (AvgIpc) is 3.15. The maximum absolute atomic E-state index is 12.9. The SMILES string of the molecule is CNC(=O)C1(NC(=O)[C@H]2CCCN(Cc3ccco3)C2)CCCCC1. The molecule has 2 aliphatic rings. The van der Waals surface area contributed by atoms with E-state index < -0.39 is 5.54 Å². The van der Waals surface area contributed by atoms with Gasteiger partial charge in [-0.1, -0.05) is 19.3 Å². The molecular formula is C19H29N3O3. The summed E-state index contributed by atoms with van der Waals surface area (Å²) >= 11 is 0. The largest absolute Gasteiger partial charge is 0.468 e. The molecule has 138 valence electrons. The van der Waals surface area contributed by atoms with Crippen LogP contribution in [0.5, 0.6) is 0 Å². The standard InChI is InChI=1S/C19H29N3O3/c1-20-18(24)19(9-3-2-4-10-19)21-17(23)15-7-5-11-22(13-15)14-16-8-6-12-25-16/h6,8,12,15H,2-5,7,9-11,13-14H2,1H3,(H,20,24)(H,21,23)/t15-/m0/s1. The zero-order valence-corrected chi connectivity index (χ0v) is 15.1. The second kappa shape index (κ2) is 8.04. The Kier molecular flexibility index (Phi) is 5.78. The number of likely N-dealkylation sites (N-methyl/N-ethyl adjacent to an activating group) is 1. The van der Waals surface area contributed by atoms with Gasteiger partial charge in [0.15, 0.2) is 0 Å². The first-order chi connectivity index (χ1) is 12.1. The Bertz CT molecular complexity index is 579. The number of furan rings is 1. The van der Waals surface area contributed by atoms with E-state index in [-0.39, 0.29) is 17.7 Å². The highest BCUT2D eigenvalue weighted by atomic mass is 16.3. The normalized spacial score (nSPS) is 23.8. The Balaban J connectivity index is 1.61. The Morgan fingerprint density at radius 2 is 2.08 bits per heavy atom. The molecule has 2 fully saturated rings. The van der Waals surface area contributed by atoms with Crippen LogP contribution in [0.15, 0.2) is 22.8 Å². The van der Waals surface area contributed by atoms with Gasteiger partial charge in [-0.25, -0.2) is 0 Å². The van der Waals surface area contributed by atoms with E-state index in [9.17, 15) is 9.59 Å². The lowest BCUT2D eigenvalue weighted by Gasteiger charge is -2.39. The van der Waals surface area contributed by atoms with Gasteiger partial charge in [-0.2, -0.15) is 0 Å². The van der Waals surface area contributed by atoms with E-state index in [1.54, 1.807) is 13.3 Å². The Morgan fingerprint density at radius 1 is 1.28 bits per heavy atom. The molecule has 2 heterocycles. The van der Waals surface area contributed by atoms with Gasteiger partial charge in [0.2, 0.25) is 11.8 Å². The van der Waals surface area contributed by atoms with Gasteiger partial charge in [-0.3, -0.25) is 14.5 Å². The van der Waals surface area contributed by atoms with Crippen LogP contribution in [0.3, 0.4) is 0 Å². The molecule has 0 spiro atoms. The van der Waals surface area contributed by atoms with Crippen LogP contribution in [-0.2, 0) is 16.1 Å². The van der Waals surface area contributed by atoms with Gasteiger partial charge in [-0.05, 0) is 44.4 Å². The van der Waals surface area contributed by atoms with E-state index in [4.69, 9.17) is 4.42 Å². The summed E-state index contributed by atoms with van der Waals surface area (Å²) in [6.45, 7) is 2.43. The molecule has 0 radical (unpaired) electrons. The highest BCUT2D eigenvalue weighted by Crippen LogP contribution is 2.29. The molecular weight excluding hydrogens is 318 g/mol. The van der Waals surface area contributed by atoms with Crippen LogP contribution in [0, 0.1) is 5.92 Å². The highest BCUT2D eigenvalue weighted by molar-refractivity contribution is 5.92. The summed E-state index contributed by atoms with van der Waals surface area (Å²) in [4.78, 5) is 27.6. The summed E-state index contributed by atoms with van der Waals surface area (Å²) in [5, 5.41) is 5.88. The van der Waals surface area contributed by atoms with Crippen LogP contribution < -0.4 is 10.6 Å². The van der Waals surface area contributed by atoms with E-state index in [1.807, 2.05) is 12.1 Å². The first kappa shape index (κ1) is 18.0. The van der Waals surface area contributed by atoms with Crippen LogP contribution in [0.1, 0.15) is 50.7 Å². The van der Waals surface area contributed by atoms with E-state index in [0.29, 0.717) is 0 Å². The summed E-state index contributed by atoms with van der Waals surface area (Å²) in [5.41, 5.74) is -0.715. The van der Waals surface area contributed by atoms with Crippen molar-refractivity contribution in [3.05, 3.63) is 24.2 Å². The van der Waals surface area contributed by atoms with Crippen LogP contribution in [0.25, 0.3) is 0 Å². The lowest BCUT2D eigenvalue weighted by molar-refractivity contribution is -0.137. The average molecular weight is 347 g/mol. The minimum atomic E-state index is -0.715. The third-order valence-electron chi connectivity index (χ3n) is 5.57. The predicted octanol–water partition coefficient (Wildman–Crippen LogP) is 2.06. The number of amides is 2. The van der Waals surface area contributed by atoms with Crippen molar-refractivity contribution in [2.45, 2.75) is 57.0 Å². The third kappa shape index (κ3) is 4.24. The number of hydrogen-bond acceptors (Lipinski definition) is 4. The quantitative estimate of drug-likeness (QED) is 0.855. The number of nitrogens with zero attached hydrogens (tertiary/aromatic N) is 1. The number of carbonyl (C=O) groups excluding carboxylic acids is 2. The van der Waals surface area contributed by atoms with Gasteiger partial charge in [0, 0.05) is 13.6 Å². The second-order valence-corrected chi connectivity index (χ2v) is 7.36. The molecule has 0 aromatic carbocycles. The van der Waals surface area contributed by atoms with Gasteiger partial charge in [-0.15, -0.1) is 0 Å². The van der Waals surface area contributed by atoms with Crippen molar-refractivity contribution in [3.8, 4) is 0 Å². The topological polar surface area (TPSA) is 74.6 Å². The van der Waals surface area contributed by atoms with Crippen molar-refractivity contribution in [2.75, 3.05) is 20.1 Å². The molecule has 1 aromatic rings. The molecule has 0 unspecified atom stereocenters. The van der Waals surface area contributed by atoms with Gasteiger partial charge in [0.25, 0.3) is 0 Å². The molecule has 1 saturated carbocycles. The Labute approximate surface area is 149 Å². The second-order valence-electron chi connectivity index (χ2n) is 7.36. The fourth-order valence-electron chi connectivity index (χ4n) is 4.18. The monoisotopic (exact) mass is 347 g/mol. The van der Waals surface area contributed by atoms with E-state index in [0.717, 1.165) is 70.3 Å². The fraction of sp³-hybridized carbons (Fsp3) is 0.684.